The van der Waals surface area contributed by atoms with Crippen molar-refractivity contribution in [1.29, 1.82) is 0 Å². The molecular formula is C51H59F6N7O7. The molecule has 6 bridgehead atoms. The number of aryl methyl sites for hydroxylation is 1. The number of amides is 4. The number of halogens is 6. The van der Waals surface area contributed by atoms with Crippen molar-refractivity contribution in [3.05, 3.63) is 90.3 Å². The van der Waals surface area contributed by atoms with Crippen LogP contribution < -0.4 is 10.7 Å². The summed E-state index contributed by atoms with van der Waals surface area (Å²) in [4.78, 5) is 75.0. The van der Waals surface area contributed by atoms with Gasteiger partial charge >= 0.3 is 18.3 Å². The first-order valence-electron chi connectivity index (χ1n) is 23.6. The molecule has 0 radical (unpaired) electrons. The summed E-state index contributed by atoms with van der Waals surface area (Å²) in [5.41, 5.74) is 8.28. The minimum atomic E-state index is -6.09. The van der Waals surface area contributed by atoms with Gasteiger partial charge in [0.15, 0.2) is 5.92 Å². The second-order valence-electron chi connectivity index (χ2n) is 19.3. The Hall–Kier alpha value is -6.28. The van der Waals surface area contributed by atoms with Crippen LogP contribution in [0.15, 0.2) is 73.4 Å². The molecule has 0 spiro atoms. The number of fused-ring (bicyclic) bond motifs is 6. The van der Waals surface area contributed by atoms with Crippen molar-refractivity contribution in [2.24, 2.45) is 17.3 Å². The van der Waals surface area contributed by atoms with Gasteiger partial charge in [0.2, 0.25) is 17.7 Å². The third-order valence-corrected chi connectivity index (χ3v) is 13.7. The van der Waals surface area contributed by atoms with Crippen molar-refractivity contribution in [1.82, 2.24) is 35.1 Å². The number of cyclic esters (lactones) is 1. The highest BCUT2D eigenvalue weighted by Gasteiger charge is 2.64. The van der Waals surface area contributed by atoms with E-state index in [-0.39, 0.29) is 56.5 Å². The van der Waals surface area contributed by atoms with E-state index < -0.39 is 83.7 Å². The maximum Gasteiger partial charge on any atom is 0.403 e. The fourth-order valence-electron chi connectivity index (χ4n) is 10.1. The van der Waals surface area contributed by atoms with Gasteiger partial charge in [-0.15, -0.1) is 0 Å². The predicted molar refractivity (Wildman–Crippen MR) is 251 cm³/mol. The SMILES string of the molecule is C=CC(=O)N1CC[C@H](C(=O)N(C)[C@H](C(=O)N[C@H]2Cc3cccc(c3)-c3ccc4c(c3)c(c(-c3cccnc3[C@H](C)OC)n4CC)CC(C)(C)COC(=O)[C@@H]3CCCN(N3)C2=O)C(C(F)(F)F)C(F)(F)F)C1. The van der Waals surface area contributed by atoms with Crippen LogP contribution in [0.25, 0.3) is 33.3 Å². The van der Waals surface area contributed by atoms with Crippen LogP contribution in [-0.2, 0) is 52.8 Å². The van der Waals surface area contributed by atoms with Crippen molar-refractivity contribution >= 4 is 40.5 Å². The lowest BCUT2D eigenvalue weighted by Gasteiger charge is -2.38. The van der Waals surface area contributed by atoms with Crippen LogP contribution in [0.4, 0.5) is 26.3 Å². The number of rotatable bonds is 10. The van der Waals surface area contributed by atoms with Crippen molar-refractivity contribution in [3.63, 3.8) is 0 Å². The van der Waals surface area contributed by atoms with Gasteiger partial charge in [-0.1, -0.05) is 50.8 Å². The molecule has 2 aromatic heterocycles. The largest absolute Gasteiger partial charge is 0.464 e. The number of alkyl halides is 6. The Labute approximate surface area is 407 Å². The van der Waals surface area contributed by atoms with Gasteiger partial charge in [0.25, 0.3) is 5.91 Å². The molecule has 2 fully saturated rings. The Kier molecular flexibility index (Phi) is 15.4. The Balaban J connectivity index is 1.34. The summed E-state index contributed by atoms with van der Waals surface area (Å²) in [5.74, 6) is -11.0. The number of esters is 1. The van der Waals surface area contributed by atoms with Gasteiger partial charge in [-0.2, -0.15) is 26.3 Å². The van der Waals surface area contributed by atoms with Crippen molar-refractivity contribution in [2.45, 2.75) is 103 Å². The van der Waals surface area contributed by atoms with Crippen molar-refractivity contribution in [2.75, 3.05) is 40.4 Å². The number of hydrazine groups is 1. The standard InChI is InChI=1S/C51H59F6N7O7/c1-8-40(65)62-22-19-33(27-62)46(67)61(6)43(44(50(52,53)54)51(55,56)57)45(66)59-38-24-30-13-10-14-31(23-30)32-17-18-39-35(25-32)36(42(63(39)9-2)34-15-11-20-58-41(34)29(3)70-7)26-49(4,5)28-71-48(69)37-16-12-21-64(60-37)47(38)68/h8,10-11,13-15,17-18,20,23,25,29,33,37-38,43-44,60H,1,9,12,16,19,21-22,24,26-28H2,2-7H3,(H,59,66)/t29-,33-,37-,38-,43-/m0/s1. The Morgan fingerprint density at radius 2 is 1.75 bits per heavy atom. The first-order chi connectivity index (χ1) is 33.5. The molecule has 7 rings (SSSR count). The molecule has 3 aliphatic rings. The maximum absolute atomic E-state index is 14.7. The number of likely N-dealkylation sites (tertiary alicyclic amines) is 1. The summed E-state index contributed by atoms with van der Waals surface area (Å²) in [6, 6.07) is 10.5. The lowest BCUT2D eigenvalue weighted by molar-refractivity contribution is -0.295. The van der Waals surface area contributed by atoms with Crippen LogP contribution in [0.2, 0.25) is 0 Å². The molecule has 0 unspecified atom stereocenters. The van der Waals surface area contributed by atoms with Crippen molar-refractivity contribution < 1.29 is 59.8 Å². The molecule has 4 amide bonds. The Morgan fingerprint density at radius 3 is 2.42 bits per heavy atom. The average Bonchev–Trinajstić information content (AvgIpc) is 3.95. The molecule has 14 nitrogen and oxygen atoms in total. The van der Waals surface area contributed by atoms with Crippen molar-refractivity contribution in [3.8, 4) is 22.4 Å². The number of methoxy groups -OCH3 is 1. The lowest BCUT2D eigenvalue weighted by atomic mass is 9.84. The summed E-state index contributed by atoms with van der Waals surface area (Å²) >= 11 is 0. The van der Waals surface area contributed by atoms with E-state index in [0.29, 0.717) is 31.1 Å². The maximum atomic E-state index is 14.7. The molecule has 2 N–H and O–H groups in total. The number of aromatic nitrogens is 2. The van der Waals surface area contributed by atoms with E-state index in [1.807, 2.05) is 64.1 Å². The summed E-state index contributed by atoms with van der Waals surface area (Å²) < 4.78 is 102. The summed E-state index contributed by atoms with van der Waals surface area (Å²) in [6.07, 6.45) is -9.51. The Morgan fingerprint density at radius 1 is 1.03 bits per heavy atom. The number of pyridine rings is 1. The number of nitrogens with zero attached hydrogens (tertiary/aromatic N) is 5. The quantitative estimate of drug-likeness (QED) is 0.0944. The predicted octanol–water partition coefficient (Wildman–Crippen LogP) is 7.35. The number of ether oxygens (including phenoxy) is 2. The van der Waals surface area contributed by atoms with Gasteiger partial charge in [0.1, 0.15) is 18.1 Å². The summed E-state index contributed by atoms with van der Waals surface area (Å²) in [6.45, 7) is 11.4. The van der Waals surface area contributed by atoms with E-state index in [1.165, 1.54) is 4.90 Å². The minimum absolute atomic E-state index is 0.0271. The first kappa shape index (κ1) is 52.5. The lowest BCUT2D eigenvalue weighted by Crippen LogP contribution is -2.64. The van der Waals surface area contributed by atoms with Gasteiger partial charge < -0.3 is 29.2 Å². The van der Waals surface area contributed by atoms with Crippen LogP contribution in [0.5, 0.6) is 0 Å². The number of carbonyl (C=O) groups is 5. The van der Waals surface area contributed by atoms with Crippen LogP contribution >= 0.6 is 0 Å². The van der Waals surface area contributed by atoms with Gasteiger partial charge in [0, 0.05) is 74.8 Å². The van der Waals surface area contributed by atoms with Crippen LogP contribution in [0.1, 0.15) is 69.9 Å². The van der Waals surface area contributed by atoms with Gasteiger partial charge in [-0.3, -0.25) is 34.0 Å². The zero-order chi connectivity index (χ0) is 51.7. The molecule has 4 aromatic rings. The molecule has 0 aliphatic carbocycles. The highest BCUT2D eigenvalue weighted by atomic mass is 19.4. The highest BCUT2D eigenvalue weighted by Crippen LogP contribution is 2.44. The number of likely N-dealkylation sites (N-methyl/N-ethyl adjacent to an activating group) is 1. The molecule has 71 heavy (non-hydrogen) atoms. The molecule has 0 saturated carbocycles. The van der Waals surface area contributed by atoms with E-state index in [9.17, 15) is 50.3 Å². The van der Waals surface area contributed by atoms with Gasteiger partial charge in [0.05, 0.1) is 30.0 Å². The van der Waals surface area contributed by atoms with Crippen LogP contribution in [0, 0.1) is 17.3 Å². The number of carbonyl (C=O) groups excluding carboxylic acids is 5. The number of hydrogen-bond acceptors (Lipinski definition) is 9. The zero-order valence-corrected chi connectivity index (χ0v) is 40.5. The monoisotopic (exact) mass is 995 g/mol. The topological polar surface area (TPSA) is 155 Å². The minimum Gasteiger partial charge on any atom is -0.464 e. The average molecular weight is 996 g/mol. The normalized spacial score (nSPS) is 20.8. The number of benzene rings is 2. The smallest absolute Gasteiger partial charge is 0.403 e. The number of nitrogens with one attached hydrogen (secondary N) is 2. The second kappa shape index (κ2) is 20.8. The van der Waals surface area contributed by atoms with Gasteiger partial charge in [-0.25, -0.2) is 5.43 Å². The molecule has 2 aromatic carbocycles. The zero-order valence-electron chi connectivity index (χ0n) is 40.5. The molecule has 20 heteroatoms. The van der Waals surface area contributed by atoms with E-state index in [4.69, 9.17) is 14.5 Å². The molecule has 3 aliphatic heterocycles. The van der Waals surface area contributed by atoms with E-state index >= 15 is 0 Å². The third-order valence-electron chi connectivity index (χ3n) is 13.7. The second-order valence-corrected chi connectivity index (χ2v) is 19.3. The molecule has 382 valence electrons. The third kappa shape index (κ3) is 11.1. The van der Waals surface area contributed by atoms with Crippen LogP contribution in [0.3, 0.4) is 0 Å². The first-order valence-corrected chi connectivity index (χ1v) is 23.6. The fourth-order valence-corrected chi connectivity index (χ4v) is 10.1. The summed E-state index contributed by atoms with van der Waals surface area (Å²) in [7, 11) is 2.28. The number of hydrogen-bond donors (Lipinski definition) is 2. The van der Waals surface area contributed by atoms with E-state index in [0.717, 1.165) is 50.1 Å². The molecule has 2 saturated heterocycles. The van der Waals surface area contributed by atoms with E-state index in [1.54, 1.807) is 31.5 Å². The van der Waals surface area contributed by atoms with E-state index in [2.05, 4.69) is 21.9 Å². The van der Waals surface area contributed by atoms with Gasteiger partial charge in [-0.05, 0) is 92.1 Å². The summed E-state index contributed by atoms with van der Waals surface area (Å²) in [5, 5.41) is 4.11. The fraction of sp³-hybridized carbons (Fsp3) is 0.490. The Bertz CT molecular complexity index is 2670. The molecular weight excluding hydrogens is 937 g/mol. The molecule has 5 heterocycles. The molecule has 5 atom stereocenters. The van der Waals surface area contributed by atoms with Crippen LogP contribution in [-0.4, -0.2) is 125 Å². The highest BCUT2D eigenvalue weighted by molar-refractivity contribution is 5.96.